The number of benzene rings is 2. The van der Waals surface area contributed by atoms with Crippen molar-refractivity contribution in [3.8, 4) is 28.8 Å². The first kappa shape index (κ1) is 21.8. The zero-order valence-electron chi connectivity index (χ0n) is 17.6. The average Bonchev–Trinajstić information content (AvgIpc) is 3.21. The lowest BCUT2D eigenvalue weighted by atomic mass is 10.1. The fourth-order valence-electron chi connectivity index (χ4n) is 3.06. The number of nitriles is 1. The highest BCUT2D eigenvalue weighted by Crippen LogP contribution is 2.32. The molecule has 0 fully saturated rings. The van der Waals surface area contributed by atoms with Crippen LogP contribution in [0.5, 0.6) is 5.75 Å². The van der Waals surface area contributed by atoms with E-state index in [2.05, 4.69) is 0 Å². The highest BCUT2D eigenvalue weighted by atomic mass is 16.6. The smallest absolute Gasteiger partial charge is 0.349 e. The Hall–Kier alpha value is -3.89. The number of carbonyl (C=O) groups excluding carboxylic acids is 1. The molecule has 0 saturated carbocycles. The van der Waals surface area contributed by atoms with Crippen LogP contribution in [-0.4, -0.2) is 42.7 Å². The van der Waals surface area contributed by atoms with Gasteiger partial charge in [-0.25, -0.2) is 9.48 Å². The monoisotopic (exact) mass is 417 g/mol. The molecule has 0 N–H and O–H groups in total. The average molecular weight is 417 g/mol. The number of para-hydroxylation sites is 2. The van der Waals surface area contributed by atoms with Crippen molar-refractivity contribution in [2.75, 3.05) is 20.8 Å². The number of esters is 1. The van der Waals surface area contributed by atoms with Crippen LogP contribution in [0.15, 0.2) is 66.4 Å². The van der Waals surface area contributed by atoms with Crippen LogP contribution in [0, 0.1) is 11.3 Å². The molecular weight excluding hydrogens is 394 g/mol. The van der Waals surface area contributed by atoms with Crippen LogP contribution in [0.25, 0.3) is 23.0 Å². The normalized spacial score (nSPS) is 12.1. The summed E-state index contributed by atoms with van der Waals surface area (Å²) in [5.41, 5.74) is 2.61. The van der Waals surface area contributed by atoms with E-state index in [9.17, 15) is 10.1 Å². The van der Waals surface area contributed by atoms with E-state index in [4.69, 9.17) is 19.3 Å². The van der Waals surface area contributed by atoms with E-state index in [1.165, 1.54) is 13.2 Å². The van der Waals surface area contributed by atoms with E-state index in [1.807, 2.05) is 60.7 Å². The van der Waals surface area contributed by atoms with Gasteiger partial charge in [0.25, 0.3) is 0 Å². The summed E-state index contributed by atoms with van der Waals surface area (Å²) in [7, 11) is 3.10. The SMILES string of the molecule is COC[C@H](C)OC(=O)/C(C#N)=C/c1cn(-c2ccccc2)nc1-c1ccccc1OC. The molecule has 0 radical (unpaired) electrons. The van der Waals surface area contributed by atoms with E-state index >= 15 is 0 Å². The minimum absolute atomic E-state index is 0.133. The van der Waals surface area contributed by atoms with Crippen molar-refractivity contribution < 1.29 is 19.0 Å². The minimum Gasteiger partial charge on any atom is -0.496 e. The second kappa shape index (κ2) is 10.2. The Kier molecular flexibility index (Phi) is 7.20. The Morgan fingerprint density at radius 1 is 1.16 bits per heavy atom. The molecule has 0 spiro atoms. The fraction of sp³-hybridized carbons (Fsp3) is 0.208. The summed E-state index contributed by atoms with van der Waals surface area (Å²) < 4.78 is 17.5. The predicted octanol–water partition coefficient (Wildman–Crippen LogP) is 4.03. The largest absolute Gasteiger partial charge is 0.496 e. The van der Waals surface area contributed by atoms with Crippen LogP contribution >= 0.6 is 0 Å². The van der Waals surface area contributed by atoms with Crippen molar-refractivity contribution in [1.82, 2.24) is 9.78 Å². The second-order valence-corrected chi connectivity index (χ2v) is 6.75. The molecule has 7 nitrogen and oxygen atoms in total. The van der Waals surface area contributed by atoms with E-state index in [0.717, 1.165) is 11.3 Å². The van der Waals surface area contributed by atoms with Gasteiger partial charge in [-0.3, -0.25) is 0 Å². The van der Waals surface area contributed by atoms with Crippen LogP contribution in [-0.2, 0) is 14.3 Å². The summed E-state index contributed by atoms with van der Waals surface area (Å²) >= 11 is 0. The maximum Gasteiger partial charge on any atom is 0.349 e. The summed E-state index contributed by atoms with van der Waals surface area (Å²) in [6.45, 7) is 1.94. The molecule has 1 atom stereocenters. The summed E-state index contributed by atoms with van der Waals surface area (Å²) in [6, 6.07) is 18.9. The van der Waals surface area contributed by atoms with Gasteiger partial charge < -0.3 is 14.2 Å². The first-order valence-corrected chi connectivity index (χ1v) is 9.67. The topological polar surface area (TPSA) is 86.4 Å². The number of aromatic nitrogens is 2. The minimum atomic E-state index is -0.717. The first-order valence-electron chi connectivity index (χ1n) is 9.67. The van der Waals surface area contributed by atoms with Crippen molar-refractivity contribution in [1.29, 1.82) is 5.26 Å². The van der Waals surface area contributed by atoms with E-state index in [1.54, 1.807) is 24.9 Å². The lowest BCUT2D eigenvalue weighted by Crippen LogP contribution is -2.20. The molecule has 0 aliphatic heterocycles. The molecule has 0 bridgehead atoms. The third kappa shape index (κ3) is 5.18. The van der Waals surface area contributed by atoms with E-state index < -0.39 is 12.1 Å². The molecule has 3 rings (SSSR count). The molecule has 1 heterocycles. The first-order chi connectivity index (χ1) is 15.1. The standard InChI is InChI=1S/C24H23N3O4/c1-17(16-29-2)31-24(28)18(14-25)13-19-15-27(20-9-5-4-6-10-20)26-23(19)21-11-7-8-12-22(21)30-3/h4-13,15,17H,16H2,1-3H3/b18-13+/t17-/m0/s1. The molecule has 31 heavy (non-hydrogen) atoms. The van der Waals surface area contributed by atoms with Gasteiger partial charge in [-0.1, -0.05) is 30.3 Å². The second-order valence-electron chi connectivity index (χ2n) is 6.75. The summed E-state index contributed by atoms with van der Waals surface area (Å²) in [5.74, 6) is -0.0873. The van der Waals surface area contributed by atoms with Crippen molar-refractivity contribution >= 4 is 12.0 Å². The quantitative estimate of drug-likeness (QED) is 0.312. The Morgan fingerprint density at radius 3 is 2.55 bits per heavy atom. The van der Waals surface area contributed by atoms with Crippen molar-refractivity contribution in [3.05, 3.63) is 71.9 Å². The number of methoxy groups -OCH3 is 2. The summed E-state index contributed by atoms with van der Waals surface area (Å²) in [5, 5.41) is 14.3. The van der Waals surface area contributed by atoms with Crippen molar-refractivity contribution in [3.63, 3.8) is 0 Å². The molecule has 158 valence electrons. The van der Waals surface area contributed by atoms with Gasteiger partial charge in [-0.2, -0.15) is 10.4 Å². The van der Waals surface area contributed by atoms with Crippen LogP contribution in [0.4, 0.5) is 0 Å². The Labute approximate surface area is 181 Å². The molecule has 0 amide bonds. The zero-order valence-corrected chi connectivity index (χ0v) is 17.6. The number of hydrogen-bond acceptors (Lipinski definition) is 6. The predicted molar refractivity (Wildman–Crippen MR) is 117 cm³/mol. The van der Waals surface area contributed by atoms with E-state index in [0.29, 0.717) is 17.0 Å². The van der Waals surface area contributed by atoms with Crippen LogP contribution < -0.4 is 4.74 Å². The maximum absolute atomic E-state index is 12.5. The number of nitrogens with zero attached hydrogens (tertiary/aromatic N) is 3. The van der Waals surface area contributed by atoms with Gasteiger partial charge in [0.1, 0.15) is 29.2 Å². The molecule has 0 aliphatic rings. The molecule has 1 aromatic heterocycles. The zero-order chi connectivity index (χ0) is 22.2. The van der Waals surface area contributed by atoms with Gasteiger partial charge >= 0.3 is 5.97 Å². The Morgan fingerprint density at radius 2 is 1.87 bits per heavy atom. The fourth-order valence-corrected chi connectivity index (χ4v) is 3.06. The molecule has 3 aromatic rings. The van der Waals surface area contributed by atoms with Gasteiger partial charge in [0, 0.05) is 24.4 Å². The Bertz CT molecular complexity index is 1110. The van der Waals surface area contributed by atoms with Gasteiger partial charge in [-0.05, 0) is 37.3 Å². The lowest BCUT2D eigenvalue weighted by Gasteiger charge is -2.11. The Balaban J connectivity index is 2.09. The van der Waals surface area contributed by atoms with Crippen LogP contribution in [0.3, 0.4) is 0 Å². The molecule has 0 saturated heterocycles. The third-order valence-electron chi connectivity index (χ3n) is 4.48. The van der Waals surface area contributed by atoms with Crippen molar-refractivity contribution in [2.45, 2.75) is 13.0 Å². The summed E-state index contributed by atoms with van der Waals surface area (Å²) in [4.78, 5) is 12.5. The van der Waals surface area contributed by atoms with Crippen LogP contribution in [0.2, 0.25) is 0 Å². The molecule has 7 heteroatoms. The number of rotatable bonds is 8. The van der Waals surface area contributed by atoms with Crippen molar-refractivity contribution in [2.24, 2.45) is 0 Å². The van der Waals surface area contributed by atoms with Gasteiger partial charge in [0.15, 0.2) is 0 Å². The third-order valence-corrected chi connectivity index (χ3v) is 4.48. The highest BCUT2D eigenvalue weighted by Gasteiger charge is 2.19. The van der Waals surface area contributed by atoms with Crippen LogP contribution in [0.1, 0.15) is 12.5 Å². The van der Waals surface area contributed by atoms with Gasteiger partial charge in [0.05, 0.1) is 19.4 Å². The number of carbonyl (C=O) groups is 1. The molecule has 0 aliphatic carbocycles. The van der Waals surface area contributed by atoms with Gasteiger partial charge in [-0.15, -0.1) is 0 Å². The summed E-state index contributed by atoms with van der Waals surface area (Å²) in [6.07, 6.45) is 2.77. The molecule has 0 unspecified atom stereocenters. The number of ether oxygens (including phenoxy) is 3. The van der Waals surface area contributed by atoms with E-state index in [-0.39, 0.29) is 12.2 Å². The molecular formula is C24H23N3O4. The highest BCUT2D eigenvalue weighted by molar-refractivity contribution is 5.99. The molecule has 2 aromatic carbocycles. The lowest BCUT2D eigenvalue weighted by molar-refractivity contribution is -0.145. The maximum atomic E-state index is 12.5. The number of hydrogen-bond donors (Lipinski definition) is 0. The van der Waals surface area contributed by atoms with Gasteiger partial charge in [0.2, 0.25) is 0 Å².